The first-order chi connectivity index (χ1) is 13.4. The summed E-state index contributed by atoms with van der Waals surface area (Å²) in [5, 5.41) is 0. The fraction of sp³-hybridized carbons (Fsp3) is 0.524. The zero-order valence-corrected chi connectivity index (χ0v) is 17.1. The highest BCUT2D eigenvalue weighted by Gasteiger charge is 2.55. The highest BCUT2D eigenvalue weighted by Crippen LogP contribution is 2.27. The van der Waals surface area contributed by atoms with Crippen LogP contribution in [0.5, 0.6) is 0 Å². The minimum absolute atomic E-state index is 0.152. The minimum atomic E-state index is -0.496. The van der Waals surface area contributed by atoms with E-state index in [0.717, 1.165) is 31.0 Å². The third-order valence-electron chi connectivity index (χ3n) is 5.78. The third kappa shape index (κ3) is 2.89. The summed E-state index contributed by atoms with van der Waals surface area (Å²) in [5.74, 6) is 1.59. The molecule has 7 heteroatoms. The van der Waals surface area contributed by atoms with Crippen LogP contribution >= 0.6 is 0 Å². The maximum atomic E-state index is 13.2. The lowest BCUT2D eigenvalue weighted by Gasteiger charge is -2.34. The smallest absolute Gasteiger partial charge is 0.270 e. The van der Waals surface area contributed by atoms with Crippen molar-refractivity contribution in [3.8, 4) is 0 Å². The number of anilines is 1. The Bertz CT molecular complexity index is 871. The van der Waals surface area contributed by atoms with Crippen molar-refractivity contribution in [3.05, 3.63) is 29.8 Å². The lowest BCUT2D eigenvalue weighted by Crippen LogP contribution is -2.62. The number of urea groups is 1. The van der Waals surface area contributed by atoms with Crippen LogP contribution in [-0.4, -0.2) is 70.8 Å². The number of nitrogens with zero attached hydrogens (tertiary/aromatic N) is 5. The standard InChI is InChI=1S/C21H28N5O2/c1-5-15-6-8-16(9-7-15)24-12-13-25-17-18(22-20(24)25)23(4)21(28)26(19(17)27)11-10-14(2)3/h6-9,14,17H,5,10-13H2,1-4H3/q+1. The number of guanidine groups is 1. The van der Waals surface area contributed by atoms with Crippen LogP contribution in [0.2, 0.25) is 0 Å². The van der Waals surface area contributed by atoms with Gasteiger partial charge in [-0.2, -0.15) is 0 Å². The maximum Gasteiger partial charge on any atom is 0.397 e. The van der Waals surface area contributed by atoms with Crippen molar-refractivity contribution in [2.45, 2.75) is 39.7 Å². The number of carbonyl (C=O) groups excluding carboxylic acids is 2. The summed E-state index contributed by atoms with van der Waals surface area (Å²) in [6.45, 7) is 8.28. The molecule has 3 amide bonds. The van der Waals surface area contributed by atoms with E-state index < -0.39 is 6.04 Å². The molecule has 1 unspecified atom stereocenters. The predicted octanol–water partition coefficient (Wildman–Crippen LogP) is 2.16. The van der Waals surface area contributed by atoms with Crippen molar-refractivity contribution in [1.82, 2.24) is 9.80 Å². The number of carbonyl (C=O) groups is 2. The average Bonchev–Trinajstić information content (AvgIpc) is 3.25. The monoisotopic (exact) mass is 382 g/mol. The lowest BCUT2D eigenvalue weighted by atomic mass is 10.1. The molecule has 0 bridgehead atoms. The molecule has 0 N–H and O–H groups in total. The normalized spacial score (nSPS) is 21.7. The Labute approximate surface area is 165 Å². The molecule has 4 rings (SSSR count). The van der Waals surface area contributed by atoms with E-state index in [9.17, 15) is 9.59 Å². The molecular formula is C21H28N5O2+. The van der Waals surface area contributed by atoms with Crippen LogP contribution in [-0.2, 0) is 11.2 Å². The number of aryl methyl sites for hydroxylation is 1. The molecule has 7 nitrogen and oxygen atoms in total. The van der Waals surface area contributed by atoms with Gasteiger partial charge >= 0.3 is 12.0 Å². The Morgan fingerprint density at radius 3 is 2.57 bits per heavy atom. The fourth-order valence-corrected chi connectivity index (χ4v) is 4.01. The molecule has 148 valence electrons. The summed E-state index contributed by atoms with van der Waals surface area (Å²) in [4.78, 5) is 35.7. The van der Waals surface area contributed by atoms with Crippen molar-refractivity contribution >= 4 is 29.4 Å². The van der Waals surface area contributed by atoms with Crippen molar-refractivity contribution in [1.29, 1.82) is 0 Å². The van der Waals surface area contributed by atoms with Gasteiger partial charge in [-0.05, 0) is 36.5 Å². The van der Waals surface area contributed by atoms with E-state index >= 15 is 0 Å². The molecule has 0 aromatic heterocycles. The van der Waals surface area contributed by atoms with Gasteiger partial charge in [-0.25, -0.2) is 14.3 Å². The van der Waals surface area contributed by atoms with Gasteiger partial charge < -0.3 is 0 Å². The molecule has 1 fully saturated rings. The topological polar surface area (TPSA) is 59.2 Å². The van der Waals surface area contributed by atoms with Gasteiger partial charge in [0.15, 0.2) is 0 Å². The number of fused-ring (bicyclic) bond motifs is 2. The summed E-state index contributed by atoms with van der Waals surface area (Å²) in [6.07, 6.45) is 1.80. The van der Waals surface area contributed by atoms with Crippen LogP contribution in [0.1, 0.15) is 32.8 Å². The quantitative estimate of drug-likeness (QED) is 0.734. The maximum absolute atomic E-state index is 13.2. The number of imide groups is 1. The van der Waals surface area contributed by atoms with Crippen LogP contribution < -0.4 is 4.90 Å². The zero-order chi connectivity index (χ0) is 20.0. The van der Waals surface area contributed by atoms with Crippen LogP contribution in [0.4, 0.5) is 10.5 Å². The number of hydrogen-bond donors (Lipinski definition) is 0. The van der Waals surface area contributed by atoms with E-state index in [1.54, 1.807) is 7.05 Å². The fourth-order valence-electron chi connectivity index (χ4n) is 4.01. The summed E-state index contributed by atoms with van der Waals surface area (Å²) in [5.41, 5.74) is 2.35. The molecule has 3 heterocycles. The van der Waals surface area contributed by atoms with E-state index in [-0.39, 0.29) is 11.9 Å². The van der Waals surface area contributed by atoms with Crippen LogP contribution in [0.3, 0.4) is 0 Å². The number of amidine groups is 1. The lowest BCUT2D eigenvalue weighted by molar-refractivity contribution is -0.525. The number of rotatable bonds is 5. The Kier molecular flexibility index (Phi) is 4.69. The molecular weight excluding hydrogens is 354 g/mol. The van der Waals surface area contributed by atoms with E-state index in [0.29, 0.717) is 24.8 Å². The molecule has 3 aliphatic rings. The summed E-state index contributed by atoms with van der Waals surface area (Å²) in [6, 6.07) is 7.68. The van der Waals surface area contributed by atoms with E-state index in [4.69, 9.17) is 4.99 Å². The minimum Gasteiger partial charge on any atom is -0.270 e. The number of benzene rings is 1. The van der Waals surface area contributed by atoms with Crippen molar-refractivity contribution in [3.63, 3.8) is 0 Å². The van der Waals surface area contributed by atoms with Gasteiger partial charge in [0, 0.05) is 13.6 Å². The number of aliphatic imine (C=N–C) groups is 1. The molecule has 0 spiro atoms. The third-order valence-corrected chi connectivity index (χ3v) is 5.78. The van der Waals surface area contributed by atoms with Gasteiger partial charge in [0.05, 0.1) is 6.54 Å². The molecule has 0 radical (unpaired) electrons. The van der Waals surface area contributed by atoms with Crippen LogP contribution in [0.25, 0.3) is 0 Å². The average molecular weight is 382 g/mol. The Hall–Kier alpha value is -2.70. The number of amides is 3. The molecule has 1 aromatic rings. The van der Waals surface area contributed by atoms with Gasteiger partial charge in [0.2, 0.25) is 11.9 Å². The Morgan fingerprint density at radius 1 is 1.21 bits per heavy atom. The molecule has 3 aliphatic heterocycles. The first kappa shape index (κ1) is 18.7. The van der Waals surface area contributed by atoms with E-state index in [2.05, 4.69) is 49.9 Å². The molecule has 28 heavy (non-hydrogen) atoms. The van der Waals surface area contributed by atoms with Crippen LogP contribution in [0, 0.1) is 5.92 Å². The number of likely N-dealkylation sites (N-methyl/N-ethyl adjacent to an activating group) is 1. The first-order valence-electron chi connectivity index (χ1n) is 10.1. The van der Waals surface area contributed by atoms with E-state index in [1.165, 1.54) is 15.4 Å². The first-order valence-corrected chi connectivity index (χ1v) is 10.1. The molecule has 0 saturated carbocycles. The number of hydrogen-bond acceptors (Lipinski definition) is 4. The summed E-state index contributed by atoms with van der Waals surface area (Å²) in [7, 11) is 1.71. The summed E-state index contributed by atoms with van der Waals surface area (Å²) < 4.78 is 2.04. The van der Waals surface area contributed by atoms with Gasteiger partial charge in [0.1, 0.15) is 12.2 Å². The van der Waals surface area contributed by atoms with Gasteiger partial charge in [-0.15, -0.1) is 0 Å². The van der Waals surface area contributed by atoms with Crippen molar-refractivity contribution in [2.24, 2.45) is 10.9 Å². The Balaban J connectivity index is 1.64. The van der Waals surface area contributed by atoms with Crippen molar-refractivity contribution < 1.29 is 14.2 Å². The van der Waals surface area contributed by atoms with Gasteiger partial charge in [-0.3, -0.25) is 14.6 Å². The molecule has 1 atom stereocenters. The highest BCUT2D eigenvalue weighted by atomic mass is 16.2. The summed E-state index contributed by atoms with van der Waals surface area (Å²) >= 11 is 0. The zero-order valence-electron chi connectivity index (χ0n) is 17.1. The van der Waals surface area contributed by atoms with Crippen molar-refractivity contribution in [2.75, 3.05) is 31.6 Å². The van der Waals surface area contributed by atoms with Crippen LogP contribution in [0.15, 0.2) is 29.3 Å². The highest BCUT2D eigenvalue weighted by molar-refractivity contribution is 6.24. The molecule has 0 aliphatic carbocycles. The van der Waals surface area contributed by atoms with Gasteiger partial charge in [-0.1, -0.05) is 37.9 Å². The predicted molar refractivity (Wildman–Crippen MR) is 109 cm³/mol. The Morgan fingerprint density at radius 2 is 1.93 bits per heavy atom. The molecule has 1 aromatic carbocycles. The SMILES string of the molecule is CCc1ccc(N2CC[N+]3=C2N=C2C3C(=O)N(CCC(C)C)C(=O)N2C)cc1. The molecule has 1 saturated heterocycles. The second-order valence-electron chi connectivity index (χ2n) is 8.05. The second kappa shape index (κ2) is 7.04. The van der Waals surface area contributed by atoms with Gasteiger partial charge in [0.25, 0.3) is 5.91 Å². The second-order valence-corrected chi connectivity index (χ2v) is 8.05. The van der Waals surface area contributed by atoms with E-state index in [1.807, 2.05) is 4.58 Å². The largest absolute Gasteiger partial charge is 0.397 e.